The normalized spacial score (nSPS) is 15.3. The molecule has 0 radical (unpaired) electrons. The van der Waals surface area contributed by atoms with Crippen LogP contribution in [0, 0.1) is 23.0 Å². The van der Waals surface area contributed by atoms with Crippen molar-refractivity contribution in [3.05, 3.63) is 22.1 Å². The van der Waals surface area contributed by atoms with Crippen molar-refractivity contribution in [1.82, 2.24) is 19.8 Å². The molecule has 1 aromatic rings. The molecule has 0 atom stereocenters. The lowest BCUT2D eigenvalue weighted by Crippen LogP contribution is -2.40. The van der Waals surface area contributed by atoms with E-state index in [1.165, 1.54) is 6.20 Å². The predicted octanol–water partition coefficient (Wildman–Crippen LogP) is 1.37. The molecule has 1 aliphatic heterocycles. The van der Waals surface area contributed by atoms with Crippen LogP contribution in [0.15, 0.2) is 6.20 Å². The third-order valence-electron chi connectivity index (χ3n) is 4.23. The number of hydrogen-bond donors (Lipinski definition) is 1. The molecule has 2 rings (SSSR count). The number of hydrogen-bond acceptors (Lipinski definition) is 5. The van der Waals surface area contributed by atoms with E-state index in [-0.39, 0.29) is 30.7 Å². The summed E-state index contributed by atoms with van der Waals surface area (Å²) in [5.41, 5.74) is 0. The van der Waals surface area contributed by atoms with Crippen LogP contribution in [-0.2, 0) is 11.3 Å². The first-order valence-corrected chi connectivity index (χ1v) is 7.61. The zero-order valence-corrected chi connectivity index (χ0v) is 14.3. The third kappa shape index (κ3) is 5.18. The molecule has 9 heteroatoms. The standard InChI is InChI=1S/C14H23N5O3.ClH/c1-11-16-13(19(21)22)9-18(11)10-14(20)17-7-4-12(5-8-17)3-6-15-2;/h9,12,15H,3-8,10H2,1-2H3;1H. The molecule has 0 aromatic carbocycles. The van der Waals surface area contributed by atoms with Gasteiger partial charge in [0.2, 0.25) is 11.7 Å². The van der Waals surface area contributed by atoms with Crippen LogP contribution in [0.2, 0.25) is 0 Å². The Morgan fingerprint density at radius 1 is 1.48 bits per heavy atom. The van der Waals surface area contributed by atoms with Gasteiger partial charge in [0.1, 0.15) is 12.7 Å². The minimum Gasteiger partial charge on any atom is -0.358 e. The second kappa shape index (κ2) is 8.83. The molecular formula is C14H24ClN5O3. The van der Waals surface area contributed by atoms with E-state index in [2.05, 4.69) is 10.3 Å². The van der Waals surface area contributed by atoms with E-state index in [0.717, 1.165) is 38.9 Å². The summed E-state index contributed by atoms with van der Waals surface area (Å²) < 4.78 is 1.55. The third-order valence-corrected chi connectivity index (χ3v) is 4.23. The summed E-state index contributed by atoms with van der Waals surface area (Å²) in [5, 5.41) is 13.9. The number of aryl methyl sites for hydroxylation is 1. The van der Waals surface area contributed by atoms with E-state index in [1.54, 1.807) is 11.5 Å². The highest BCUT2D eigenvalue weighted by molar-refractivity contribution is 5.85. The lowest BCUT2D eigenvalue weighted by molar-refractivity contribution is -0.389. The fourth-order valence-corrected chi connectivity index (χ4v) is 2.80. The van der Waals surface area contributed by atoms with Crippen molar-refractivity contribution in [1.29, 1.82) is 0 Å². The van der Waals surface area contributed by atoms with Gasteiger partial charge in [-0.1, -0.05) is 0 Å². The number of imidazole rings is 1. The maximum Gasteiger partial charge on any atom is 0.381 e. The molecule has 1 aliphatic rings. The van der Waals surface area contributed by atoms with E-state index >= 15 is 0 Å². The zero-order chi connectivity index (χ0) is 16.1. The summed E-state index contributed by atoms with van der Waals surface area (Å²) in [5.74, 6) is 0.954. The molecule has 1 fully saturated rings. The first-order chi connectivity index (χ1) is 10.5. The molecule has 0 bridgehead atoms. The van der Waals surface area contributed by atoms with E-state index in [9.17, 15) is 14.9 Å². The number of piperidine rings is 1. The quantitative estimate of drug-likeness (QED) is 0.620. The highest BCUT2D eigenvalue weighted by Gasteiger charge is 2.24. The van der Waals surface area contributed by atoms with Crippen molar-refractivity contribution in [2.24, 2.45) is 5.92 Å². The largest absolute Gasteiger partial charge is 0.381 e. The van der Waals surface area contributed by atoms with Crippen LogP contribution in [0.1, 0.15) is 25.1 Å². The number of carbonyl (C=O) groups excluding carboxylic acids is 1. The van der Waals surface area contributed by atoms with Gasteiger partial charge < -0.3 is 20.3 Å². The Balaban J connectivity index is 0.00000264. The van der Waals surface area contributed by atoms with Crippen LogP contribution in [0.25, 0.3) is 0 Å². The summed E-state index contributed by atoms with van der Waals surface area (Å²) in [7, 11) is 1.95. The molecule has 1 amide bonds. The molecule has 8 nitrogen and oxygen atoms in total. The van der Waals surface area contributed by atoms with Gasteiger partial charge in [-0.3, -0.25) is 9.36 Å². The summed E-state index contributed by atoms with van der Waals surface area (Å²) in [4.78, 5) is 28.2. The van der Waals surface area contributed by atoms with Gasteiger partial charge in [-0.15, -0.1) is 12.4 Å². The van der Waals surface area contributed by atoms with E-state index in [1.807, 2.05) is 11.9 Å². The SMILES string of the molecule is CNCCC1CCN(C(=O)Cn2cc([N+](=O)[O-])nc2C)CC1.Cl. The summed E-state index contributed by atoms with van der Waals surface area (Å²) in [6, 6.07) is 0. The number of carbonyl (C=O) groups is 1. The Morgan fingerprint density at radius 2 is 2.13 bits per heavy atom. The van der Waals surface area contributed by atoms with Gasteiger partial charge in [0.05, 0.1) is 0 Å². The average molecular weight is 346 g/mol. The maximum absolute atomic E-state index is 12.3. The minimum absolute atomic E-state index is 0. The molecule has 1 saturated heterocycles. The number of halogens is 1. The molecule has 130 valence electrons. The molecule has 1 aromatic heterocycles. The molecular weight excluding hydrogens is 322 g/mol. The van der Waals surface area contributed by atoms with Crippen molar-refractivity contribution in [3.63, 3.8) is 0 Å². The fourth-order valence-electron chi connectivity index (χ4n) is 2.80. The molecule has 0 unspecified atom stereocenters. The van der Waals surface area contributed by atoms with Crippen molar-refractivity contribution in [2.75, 3.05) is 26.7 Å². The van der Waals surface area contributed by atoms with Gasteiger partial charge in [-0.05, 0) is 48.7 Å². The molecule has 2 heterocycles. The van der Waals surface area contributed by atoms with Crippen LogP contribution < -0.4 is 5.32 Å². The highest BCUT2D eigenvalue weighted by atomic mass is 35.5. The number of rotatable bonds is 6. The number of nitrogens with one attached hydrogen (secondary N) is 1. The lowest BCUT2D eigenvalue weighted by atomic mass is 9.93. The Kier molecular flexibility index (Phi) is 7.44. The molecule has 0 spiro atoms. The topological polar surface area (TPSA) is 93.3 Å². The molecule has 23 heavy (non-hydrogen) atoms. The minimum atomic E-state index is -0.540. The van der Waals surface area contributed by atoms with Crippen LogP contribution in [-0.4, -0.2) is 52.0 Å². The van der Waals surface area contributed by atoms with E-state index in [4.69, 9.17) is 0 Å². The number of nitrogens with zero attached hydrogens (tertiary/aromatic N) is 4. The zero-order valence-electron chi connectivity index (χ0n) is 13.5. The number of aromatic nitrogens is 2. The Morgan fingerprint density at radius 3 is 2.65 bits per heavy atom. The van der Waals surface area contributed by atoms with E-state index < -0.39 is 4.92 Å². The fraction of sp³-hybridized carbons (Fsp3) is 0.714. The second-order valence-corrected chi connectivity index (χ2v) is 5.75. The molecule has 0 aliphatic carbocycles. The average Bonchev–Trinajstić information content (AvgIpc) is 2.87. The first kappa shape index (κ1) is 19.4. The Labute approximate surface area is 141 Å². The lowest BCUT2D eigenvalue weighted by Gasteiger charge is -2.32. The van der Waals surface area contributed by atoms with Crippen molar-refractivity contribution < 1.29 is 9.72 Å². The Bertz CT molecular complexity index is 541. The van der Waals surface area contributed by atoms with Crippen LogP contribution in [0.3, 0.4) is 0 Å². The number of amides is 1. The van der Waals surface area contributed by atoms with Gasteiger partial charge in [0.25, 0.3) is 0 Å². The van der Waals surface area contributed by atoms with Crippen LogP contribution in [0.5, 0.6) is 0 Å². The van der Waals surface area contributed by atoms with Gasteiger partial charge in [-0.2, -0.15) is 0 Å². The van der Waals surface area contributed by atoms with Gasteiger partial charge >= 0.3 is 5.82 Å². The monoisotopic (exact) mass is 345 g/mol. The predicted molar refractivity (Wildman–Crippen MR) is 88.7 cm³/mol. The van der Waals surface area contributed by atoms with Crippen LogP contribution >= 0.6 is 12.4 Å². The highest BCUT2D eigenvalue weighted by Crippen LogP contribution is 2.20. The number of nitro groups is 1. The van der Waals surface area contributed by atoms with Gasteiger partial charge in [-0.25, -0.2) is 0 Å². The summed E-state index contributed by atoms with van der Waals surface area (Å²) in [6.07, 6.45) is 4.52. The molecule has 1 N–H and O–H groups in total. The number of likely N-dealkylation sites (tertiary alicyclic amines) is 1. The Hall–Kier alpha value is -1.67. The summed E-state index contributed by atoms with van der Waals surface area (Å²) >= 11 is 0. The first-order valence-electron chi connectivity index (χ1n) is 7.61. The van der Waals surface area contributed by atoms with Crippen LogP contribution in [0.4, 0.5) is 5.82 Å². The smallest absolute Gasteiger partial charge is 0.358 e. The maximum atomic E-state index is 12.3. The van der Waals surface area contributed by atoms with Crippen molar-refractivity contribution in [2.45, 2.75) is 32.7 Å². The van der Waals surface area contributed by atoms with E-state index in [0.29, 0.717) is 11.7 Å². The van der Waals surface area contributed by atoms with Crippen molar-refractivity contribution in [3.8, 4) is 0 Å². The molecule has 0 saturated carbocycles. The second-order valence-electron chi connectivity index (χ2n) is 5.75. The summed E-state index contributed by atoms with van der Waals surface area (Å²) in [6.45, 7) is 4.33. The van der Waals surface area contributed by atoms with Gasteiger partial charge in [0.15, 0.2) is 0 Å². The van der Waals surface area contributed by atoms with Crippen molar-refractivity contribution >= 4 is 24.1 Å². The van der Waals surface area contributed by atoms with Gasteiger partial charge in [0, 0.05) is 20.0 Å².